The standard InChI is InChI=1S/C21H21NO5S/c1-14-4-6-16(7-5-14)27-11-10-22-20(23)19(28-21(22)24)13-15-12-17(25-2)8-9-18(15)26-3/h4-9,12-13H,10-11H2,1-3H3/b19-13-. The second-order valence-corrected chi connectivity index (χ2v) is 7.10. The molecule has 7 heteroatoms. The predicted molar refractivity (Wildman–Crippen MR) is 109 cm³/mol. The maximum atomic E-state index is 12.6. The monoisotopic (exact) mass is 399 g/mol. The van der Waals surface area contributed by atoms with Crippen molar-refractivity contribution in [3.05, 3.63) is 58.5 Å². The summed E-state index contributed by atoms with van der Waals surface area (Å²) in [7, 11) is 3.11. The third-order valence-electron chi connectivity index (χ3n) is 4.20. The molecule has 0 radical (unpaired) electrons. The molecule has 0 spiro atoms. The van der Waals surface area contributed by atoms with Crippen LogP contribution in [0.1, 0.15) is 11.1 Å². The molecule has 0 saturated carbocycles. The molecule has 1 heterocycles. The normalized spacial score (nSPS) is 15.2. The average Bonchev–Trinajstić information content (AvgIpc) is 2.96. The van der Waals surface area contributed by atoms with Crippen LogP contribution in [-0.2, 0) is 4.79 Å². The van der Waals surface area contributed by atoms with E-state index in [0.717, 1.165) is 17.3 Å². The van der Waals surface area contributed by atoms with E-state index in [0.29, 0.717) is 27.7 Å². The lowest BCUT2D eigenvalue weighted by molar-refractivity contribution is -0.123. The zero-order chi connectivity index (χ0) is 20.1. The zero-order valence-corrected chi connectivity index (χ0v) is 16.7. The Morgan fingerprint density at radius 2 is 1.71 bits per heavy atom. The molecule has 0 aliphatic carbocycles. The van der Waals surface area contributed by atoms with Gasteiger partial charge in [-0.3, -0.25) is 14.5 Å². The summed E-state index contributed by atoms with van der Waals surface area (Å²) in [5.74, 6) is 1.59. The predicted octanol–water partition coefficient (Wildman–Crippen LogP) is 4.13. The van der Waals surface area contributed by atoms with Gasteiger partial charge in [0.1, 0.15) is 23.9 Å². The number of hydrogen-bond donors (Lipinski definition) is 0. The molecule has 2 amide bonds. The fourth-order valence-electron chi connectivity index (χ4n) is 2.68. The summed E-state index contributed by atoms with van der Waals surface area (Å²) in [6.07, 6.45) is 1.65. The first kappa shape index (κ1) is 19.8. The third-order valence-corrected chi connectivity index (χ3v) is 5.11. The Hall–Kier alpha value is -2.93. The quantitative estimate of drug-likeness (QED) is 0.653. The summed E-state index contributed by atoms with van der Waals surface area (Å²) < 4.78 is 16.2. The molecule has 2 aromatic rings. The first-order valence-corrected chi connectivity index (χ1v) is 9.50. The number of benzene rings is 2. The number of carbonyl (C=O) groups is 2. The molecule has 6 nitrogen and oxygen atoms in total. The van der Waals surface area contributed by atoms with Crippen molar-refractivity contribution in [1.82, 2.24) is 4.90 Å². The van der Waals surface area contributed by atoms with Crippen LogP contribution in [0.3, 0.4) is 0 Å². The smallest absolute Gasteiger partial charge is 0.293 e. The van der Waals surface area contributed by atoms with Crippen LogP contribution in [-0.4, -0.2) is 43.4 Å². The molecule has 0 unspecified atom stereocenters. The second kappa shape index (κ2) is 8.84. The first-order chi connectivity index (χ1) is 13.5. The lowest BCUT2D eigenvalue weighted by Gasteiger charge is -2.13. The number of aryl methyl sites for hydroxylation is 1. The molecule has 28 heavy (non-hydrogen) atoms. The Labute approximate surface area is 168 Å². The van der Waals surface area contributed by atoms with Crippen molar-refractivity contribution in [3.8, 4) is 17.2 Å². The van der Waals surface area contributed by atoms with Crippen LogP contribution in [0.25, 0.3) is 6.08 Å². The lowest BCUT2D eigenvalue weighted by atomic mass is 10.1. The molecule has 0 bridgehead atoms. The Morgan fingerprint density at radius 3 is 2.39 bits per heavy atom. The van der Waals surface area contributed by atoms with Gasteiger partial charge < -0.3 is 14.2 Å². The van der Waals surface area contributed by atoms with Gasteiger partial charge in [-0.1, -0.05) is 17.7 Å². The number of nitrogens with zero attached hydrogens (tertiary/aromatic N) is 1. The minimum absolute atomic E-state index is 0.186. The van der Waals surface area contributed by atoms with Crippen molar-refractivity contribution < 1.29 is 23.8 Å². The number of methoxy groups -OCH3 is 2. The van der Waals surface area contributed by atoms with E-state index in [1.165, 1.54) is 4.90 Å². The molecular formula is C21H21NO5S. The molecule has 3 rings (SSSR count). The van der Waals surface area contributed by atoms with Crippen molar-refractivity contribution in [2.45, 2.75) is 6.92 Å². The maximum absolute atomic E-state index is 12.6. The summed E-state index contributed by atoms with van der Waals surface area (Å²) in [6, 6.07) is 12.9. The lowest BCUT2D eigenvalue weighted by Crippen LogP contribution is -2.32. The number of carbonyl (C=O) groups excluding carboxylic acids is 2. The molecule has 1 aliphatic heterocycles. The SMILES string of the molecule is COc1ccc(OC)c(/C=C2\SC(=O)N(CCOc3ccc(C)cc3)C2=O)c1. The number of amides is 2. The summed E-state index contributed by atoms with van der Waals surface area (Å²) in [6.45, 7) is 2.41. The van der Waals surface area contributed by atoms with Crippen LogP contribution in [0, 0.1) is 6.92 Å². The van der Waals surface area contributed by atoms with Gasteiger partial charge >= 0.3 is 0 Å². The van der Waals surface area contributed by atoms with Crippen LogP contribution in [0.2, 0.25) is 0 Å². The molecule has 1 saturated heterocycles. The number of ether oxygens (including phenoxy) is 3. The van der Waals surface area contributed by atoms with Gasteiger partial charge in [0.25, 0.3) is 11.1 Å². The van der Waals surface area contributed by atoms with E-state index >= 15 is 0 Å². The minimum atomic E-state index is -0.340. The first-order valence-electron chi connectivity index (χ1n) is 8.68. The van der Waals surface area contributed by atoms with Gasteiger partial charge in [0.15, 0.2) is 0 Å². The van der Waals surface area contributed by atoms with Gasteiger partial charge in [0.2, 0.25) is 0 Å². The fraction of sp³-hybridized carbons (Fsp3) is 0.238. The van der Waals surface area contributed by atoms with Crippen LogP contribution in [0.5, 0.6) is 17.2 Å². The second-order valence-electron chi connectivity index (χ2n) is 6.10. The van der Waals surface area contributed by atoms with Crippen LogP contribution < -0.4 is 14.2 Å². The maximum Gasteiger partial charge on any atom is 0.293 e. The molecule has 0 aromatic heterocycles. The molecule has 1 fully saturated rings. The van der Waals surface area contributed by atoms with E-state index in [-0.39, 0.29) is 24.3 Å². The fourth-order valence-corrected chi connectivity index (χ4v) is 3.53. The highest BCUT2D eigenvalue weighted by atomic mass is 32.2. The van der Waals surface area contributed by atoms with E-state index in [1.54, 1.807) is 38.5 Å². The number of imide groups is 1. The Balaban J connectivity index is 1.69. The Morgan fingerprint density at radius 1 is 1.00 bits per heavy atom. The zero-order valence-electron chi connectivity index (χ0n) is 15.9. The summed E-state index contributed by atoms with van der Waals surface area (Å²) in [5, 5.41) is -0.314. The summed E-state index contributed by atoms with van der Waals surface area (Å²) >= 11 is 0.904. The van der Waals surface area contributed by atoms with Crippen LogP contribution in [0.15, 0.2) is 47.4 Å². The number of hydrogen-bond acceptors (Lipinski definition) is 6. The molecule has 0 N–H and O–H groups in total. The number of thioether (sulfide) groups is 1. The summed E-state index contributed by atoms with van der Waals surface area (Å²) in [5.41, 5.74) is 1.81. The van der Waals surface area contributed by atoms with E-state index in [2.05, 4.69) is 0 Å². The molecule has 1 aliphatic rings. The Bertz CT molecular complexity index is 908. The topological polar surface area (TPSA) is 65.1 Å². The van der Waals surface area contributed by atoms with Crippen LogP contribution >= 0.6 is 11.8 Å². The van der Waals surface area contributed by atoms with E-state index in [9.17, 15) is 9.59 Å². The van der Waals surface area contributed by atoms with Crippen molar-refractivity contribution in [3.63, 3.8) is 0 Å². The highest BCUT2D eigenvalue weighted by Gasteiger charge is 2.35. The van der Waals surface area contributed by atoms with Crippen molar-refractivity contribution >= 4 is 29.0 Å². The van der Waals surface area contributed by atoms with Crippen molar-refractivity contribution in [2.75, 3.05) is 27.4 Å². The number of rotatable bonds is 7. The van der Waals surface area contributed by atoms with Gasteiger partial charge in [0.05, 0.1) is 25.7 Å². The van der Waals surface area contributed by atoms with E-state index in [4.69, 9.17) is 14.2 Å². The molecule has 0 atom stereocenters. The van der Waals surface area contributed by atoms with Gasteiger partial charge in [-0.15, -0.1) is 0 Å². The molecule has 2 aromatic carbocycles. The van der Waals surface area contributed by atoms with Gasteiger partial charge in [-0.25, -0.2) is 0 Å². The highest BCUT2D eigenvalue weighted by Crippen LogP contribution is 2.35. The van der Waals surface area contributed by atoms with Gasteiger partial charge in [-0.2, -0.15) is 0 Å². The van der Waals surface area contributed by atoms with Crippen molar-refractivity contribution in [1.29, 1.82) is 0 Å². The third kappa shape index (κ3) is 4.48. The Kier molecular flexibility index (Phi) is 6.26. The minimum Gasteiger partial charge on any atom is -0.497 e. The average molecular weight is 399 g/mol. The molecule has 146 valence electrons. The van der Waals surface area contributed by atoms with Gasteiger partial charge in [-0.05, 0) is 55.1 Å². The van der Waals surface area contributed by atoms with Crippen LogP contribution in [0.4, 0.5) is 4.79 Å². The largest absolute Gasteiger partial charge is 0.497 e. The van der Waals surface area contributed by atoms with E-state index < -0.39 is 0 Å². The van der Waals surface area contributed by atoms with Crippen molar-refractivity contribution in [2.24, 2.45) is 0 Å². The highest BCUT2D eigenvalue weighted by molar-refractivity contribution is 8.18. The summed E-state index contributed by atoms with van der Waals surface area (Å²) in [4.78, 5) is 26.4. The van der Waals surface area contributed by atoms with E-state index in [1.807, 2.05) is 31.2 Å². The van der Waals surface area contributed by atoms with Gasteiger partial charge in [0, 0.05) is 5.56 Å². The molecular weight excluding hydrogens is 378 g/mol.